The van der Waals surface area contributed by atoms with Gasteiger partial charge in [-0.25, -0.2) is 15.0 Å². The van der Waals surface area contributed by atoms with Crippen LogP contribution in [0.15, 0.2) is 147 Å². The molecule has 0 amide bonds. The fraction of sp³-hybridized carbons (Fsp3) is 0.475. The van der Waals surface area contributed by atoms with Gasteiger partial charge >= 0.3 is 0 Å². The number of nitrogens with zero attached hydrogens (tertiary/aromatic N) is 9. The van der Waals surface area contributed by atoms with E-state index in [9.17, 15) is 0 Å². The minimum atomic E-state index is 0.119. The van der Waals surface area contributed by atoms with Crippen LogP contribution in [0.5, 0.6) is 0 Å². The van der Waals surface area contributed by atoms with E-state index in [0.29, 0.717) is 0 Å². The van der Waals surface area contributed by atoms with Crippen LogP contribution in [0.25, 0.3) is 0 Å². The zero-order chi connectivity index (χ0) is 52.6. The summed E-state index contributed by atoms with van der Waals surface area (Å²) in [5.74, 6) is 0. The van der Waals surface area contributed by atoms with Crippen LogP contribution in [0, 0.1) is 0 Å². The zero-order valence-electron chi connectivity index (χ0n) is 46.3. The molecule has 0 N–H and O–H groups in total. The molecule has 374 valence electrons. The normalized spacial score (nSPS) is 11.6. The van der Waals surface area contributed by atoms with Gasteiger partial charge in [0.05, 0.1) is 10.7 Å². The first kappa shape index (κ1) is 61.4. The minimum Gasteiger partial charge on any atom is -0.265 e. The maximum absolute atomic E-state index is 4.25. The summed E-state index contributed by atoms with van der Waals surface area (Å²) >= 11 is 1.72. The average Bonchev–Trinajstić information content (AvgIpc) is 3.85. The largest absolute Gasteiger partial charge is 0.265 e. The molecule has 0 bridgehead atoms. The number of pyridine rings is 4. The lowest BCUT2D eigenvalue weighted by Gasteiger charge is -2.17. The van der Waals surface area contributed by atoms with Crippen LogP contribution in [0.2, 0.25) is 0 Å². The minimum absolute atomic E-state index is 0.119. The quantitative estimate of drug-likeness (QED) is 0.146. The lowest BCUT2D eigenvalue weighted by molar-refractivity contribution is 0.565. The Morgan fingerprint density at radius 3 is 1.00 bits per heavy atom. The standard InChI is InChI=1S/4C9H13N.2C8H12N2.C7H11NS/c1-9(2,3)8-4-6-10-7-5-8;1-9(2,3)8-5-4-6-10-7-8;2*1-9(2,3)8-6-4-5-7-10-8;1-8(2,3)7-6-9-4-5-10-7;1-8(2,3)7-4-5-9-6-10-7;1-7(2,3)6-8-4-5-9-6/h4*4-7H,1-3H3;2*4-6H,1-3H3;4-5H,1-3H3. The van der Waals surface area contributed by atoms with Gasteiger partial charge in [-0.2, -0.15) is 0 Å². The molecule has 7 aromatic rings. The monoisotopic (exact) mass is 954 g/mol. The lowest BCUT2D eigenvalue weighted by atomic mass is 9.88. The van der Waals surface area contributed by atoms with Crippen molar-refractivity contribution in [1.29, 1.82) is 0 Å². The zero-order valence-corrected chi connectivity index (χ0v) is 47.1. The van der Waals surface area contributed by atoms with Gasteiger partial charge in [-0.3, -0.25) is 29.9 Å². The van der Waals surface area contributed by atoms with Crippen molar-refractivity contribution in [3.8, 4) is 0 Å². The highest BCUT2D eigenvalue weighted by Crippen LogP contribution is 2.24. The number of hydrogen-bond donors (Lipinski definition) is 0. The van der Waals surface area contributed by atoms with Crippen LogP contribution in [-0.4, -0.2) is 44.9 Å². The van der Waals surface area contributed by atoms with E-state index in [2.05, 4.69) is 221 Å². The van der Waals surface area contributed by atoms with Crippen LogP contribution in [-0.2, 0) is 37.9 Å². The van der Waals surface area contributed by atoms with Gasteiger partial charge in [0.2, 0.25) is 0 Å². The summed E-state index contributed by atoms with van der Waals surface area (Å²) < 4.78 is 0. The molecule has 7 aromatic heterocycles. The van der Waals surface area contributed by atoms with Gasteiger partial charge in [-0.05, 0) is 70.5 Å². The second-order valence-corrected chi connectivity index (χ2v) is 24.6. The Morgan fingerprint density at radius 1 is 0.290 bits per heavy atom. The van der Waals surface area contributed by atoms with E-state index >= 15 is 0 Å². The van der Waals surface area contributed by atoms with E-state index in [1.54, 1.807) is 48.6 Å². The molecule has 7 heterocycles. The Morgan fingerprint density at radius 2 is 0.754 bits per heavy atom. The van der Waals surface area contributed by atoms with Crippen molar-refractivity contribution < 1.29 is 0 Å². The van der Waals surface area contributed by atoms with Crippen LogP contribution >= 0.6 is 11.3 Å². The van der Waals surface area contributed by atoms with Gasteiger partial charge in [-0.1, -0.05) is 164 Å². The molecule has 0 aliphatic carbocycles. The van der Waals surface area contributed by atoms with Crippen LogP contribution < -0.4 is 0 Å². The molecule has 0 unspecified atom stereocenters. The van der Waals surface area contributed by atoms with E-state index in [4.69, 9.17) is 0 Å². The Balaban J connectivity index is 0.000000403. The number of rotatable bonds is 0. The third-order valence-corrected chi connectivity index (χ3v) is 10.9. The molecular formula is C59H87N9S. The Labute approximate surface area is 423 Å². The Hall–Kier alpha value is -5.61. The summed E-state index contributed by atoms with van der Waals surface area (Å²) in [5.41, 5.74) is 8.38. The molecule has 0 saturated carbocycles. The van der Waals surface area contributed by atoms with Crippen molar-refractivity contribution >= 4 is 11.3 Å². The van der Waals surface area contributed by atoms with Crippen molar-refractivity contribution in [2.75, 3.05) is 0 Å². The molecule has 0 aliphatic heterocycles. The molecule has 10 heteroatoms. The molecule has 0 aliphatic rings. The average molecular weight is 954 g/mol. The SMILES string of the molecule is CC(C)(C)c1ccccn1.CC(C)(C)c1ccccn1.CC(C)(C)c1cccnc1.CC(C)(C)c1ccncc1.CC(C)(C)c1ccncn1.CC(C)(C)c1cnccn1.CC(C)(C)c1nccs1. The first-order chi connectivity index (χ1) is 31.7. The van der Waals surface area contributed by atoms with Crippen molar-refractivity contribution in [3.63, 3.8) is 0 Å². The molecule has 0 fully saturated rings. The first-order valence-electron chi connectivity index (χ1n) is 23.8. The second-order valence-electron chi connectivity index (χ2n) is 23.7. The lowest BCUT2D eigenvalue weighted by Crippen LogP contribution is -2.13. The molecule has 7 rings (SSSR count). The molecule has 69 heavy (non-hydrogen) atoms. The van der Waals surface area contributed by atoms with Crippen LogP contribution in [0.4, 0.5) is 0 Å². The summed E-state index contributed by atoms with van der Waals surface area (Å²) in [6.45, 7) is 45.4. The maximum Gasteiger partial charge on any atom is 0.115 e. The van der Waals surface area contributed by atoms with Gasteiger partial charge in [0.1, 0.15) is 6.33 Å². The molecule has 0 saturated heterocycles. The molecule has 9 nitrogen and oxygen atoms in total. The molecular weight excluding hydrogens is 867 g/mol. The summed E-state index contributed by atoms with van der Waals surface area (Å²) in [7, 11) is 0. The number of hydrogen-bond acceptors (Lipinski definition) is 10. The fourth-order valence-electron chi connectivity index (χ4n) is 5.29. The topological polar surface area (TPSA) is 116 Å². The Kier molecular flexibility index (Phi) is 25.1. The van der Waals surface area contributed by atoms with Crippen molar-refractivity contribution in [1.82, 2.24) is 44.9 Å². The van der Waals surface area contributed by atoms with Crippen LogP contribution in [0.3, 0.4) is 0 Å². The fourth-order valence-corrected chi connectivity index (χ4v) is 6.01. The van der Waals surface area contributed by atoms with E-state index in [-0.39, 0.29) is 37.9 Å². The van der Waals surface area contributed by atoms with Crippen LogP contribution in [0.1, 0.15) is 184 Å². The second kappa shape index (κ2) is 28.2. The van der Waals surface area contributed by atoms with Crippen molar-refractivity contribution in [2.24, 2.45) is 0 Å². The number of aromatic nitrogens is 9. The van der Waals surface area contributed by atoms with Gasteiger partial charge in [0.15, 0.2) is 0 Å². The predicted molar refractivity (Wildman–Crippen MR) is 294 cm³/mol. The third-order valence-electron chi connectivity index (χ3n) is 9.70. The van der Waals surface area contributed by atoms with E-state index in [1.165, 1.54) is 16.1 Å². The van der Waals surface area contributed by atoms with Gasteiger partial charge < -0.3 is 0 Å². The summed E-state index contributed by atoms with van der Waals surface area (Å²) in [6.07, 6.45) is 21.5. The summed E-state index contributed by atoms with van der Waals surface area (Å²) in [5, 5.41) is 3.23. The predicted octanol–water partition coefficient (Wildman–Crippen LogP) is 15.5. The van der Waals surface area contributed by atoms with E-state index in [0.717, 1.165) is 22.8 Å². The van der Waals surface area contributed by atoms with E-state index in [1.807, 2.05) is 79.0 Å². The third kappa shape index (κ3) is 27.2. The highest BCUT2D eigenvalue weighted by molar-refractivity contribution is 7.09. The molecule has 0 atom stereocenters. The van der Waals surface area contributed by atoms with Crippen molar-refractivity contribution in [3.05, 3.63) is 186 Å². The highest BCUT2D eigenvalue weighted by atomic mass is 32.1. The maximum atomic E-state index is 4.25. The van der Waals surface area contributed by atoms with Crippen molar-refractivity contribution in [2.45, 2.75) is 183 Å². The molecule has 0 spiro atoms. The number of thiazole rings is 1. The Bertz CT molecular complexity index is 1930. The van der Waals surface area contributed by atoms with E-state index < -0.39 is 0 Å². The van der Waals surface area contributed by atoms with Gasteiger partial charge in [-0.15, -0.1) is 11.3 Å². The molecule has 0 radical (unpaired) electrons. The smallest absolute Gasteiger partial charge is 0.115 e. The summed E-state index contributed by atoms with van der Waals surface area (Å²) in [4.78, 5) is 36.9. The first-order valence-corrected chi connectivity index (χ1v) is 24.7. The highest BCUT2D eigenvalue weighted by Gasteiger charge is 2.17. The van der Waals surface area contributed by atoms with Gasteiger partial charge in [0, 0.05) is 118 Å². The van der Waals surface area contributed by atoms with Gasteiger partial charge in [0.25, 0.3) is 0 Å². The summed E-state index contributed by atoms with van der Waals surface area (Å²) in [6, 6.07) is 22.2. The molecule has 0 aromatic carbocycles.